The fourth-order valence-corrected chi connectivity index (χ4v) is 2.94. The molecule has 0 fully saturated rings. The van der Waals surface area contributed by atoms with Crippen LogP contribution in [0, 0.1) is 6.92 Å². The van der Waals surface area contributed by atoms with Crippen LogP contribution in [0.5, 0.6) is 0 Å². The molecule has 0 atom stereocenters. The molecule has 1 N–H and O–H groups in total. The van der Waals surface area contributed by atoms with Gasteiger partial charge in [-0.05, 0) is 24.6 Å². The van der Waals surface area contributed by atoms with Gasteiger partial charge in [0, 0.05) is 25.5 Å². The predicted molar refractivity (Wildman–Crippen MR) is 73.8 cm³/mol. The molecular weight excluding hydrogens is 264 g/mol. The number of aromatic amines is 1. The molecule has 0 unspecified atom stereocenters. The zero-order valence-corrected chi connectivity index (χ0v) is 11.4. The average molecular weight is 278 g/mol. The maximum atomic E-state index is 12.4. The number of nitrogens with one attached hydrogen (secondary N) is 1. The van der Waals surface area contributed by atoms with E-state index >= 15 is 0 Å². The molecule has 6 heteroatoms. The number of nitrogens with zero attached hydrogens (tertiary/aromatic N) is 1. The molecule has 0 aliphatic heterocycles. The van der Waals surface area contributed by atoms with E-state index in [2.05, 4.69) is 4.98 Å². The van der Waals surface area contributed by atoms with Crippen molar-refractivity contribution in [3.8, 4) is 0 Å². The third-order valence-electron chi connectivity index (χ3n) is 2.79. The maximum absolute atomic E-state index is 12.4. The number of sulfonamides is 1. The van der Waals surface area contributed by atoms with Gasteiger partial charge in [0.05, 0.1) is 5.69 Å². The van der Waals surface area contributed by atoms with Gasteiger partial charge in [-0.25, -0.2) is 8.42 Å². The summed E-state index contributed by atoms with van der Waals surface area (Å²) in [7, 11) is -2.42. The molecule has 0 aliphatic carbocycles. The van der Waals surface area contributed by atoms with E-state index in [-0.39, 0.29) is 4.90 Å². The molecule has 100 valence electrons. The lowest BCUT2D eigenvalue weighted by atomic mass is 10.2. The number of rotatable bonds is 3. The van der Waals surface area contributed by atoms with Crippen LogP contribution in [0.25, 0.3) is 0 Å². The van der Waals surface area contributed by atoms with Crippen molar-refractivity contribution in [3.05, 3.63) is 58.5 Å². The highest BCUT2D eigenvalue weighted by Crippen LogP contribution is 2.20. The van der Waals surface area contributed by atoms with Gasteiger partial charge in [0.15, 0.2) is 4.90 Å². The molecule has 1 heterocycles. The second-order valence-corrected chi connectivity index (χ2v) is 6.12. The molecular formula is C13H14N2O3S. The Bertz CT molecular complexity index is 750. The number of aryl methyl sites for hydroxylation is 1. The lowest BCUT2D eigenvalue weighted by Gasteiger charge is -2.19. The quantitative estimate of drug-likeness (QED) is 0.925. The number of hydrogen-bond acceptors (Lipinski definition) is 3. The molecule has 0 bridgehead atoms. The molecule has 2 rings (SSSR count). The highest BCUT2D eigenvalue weighted by Gasteiger charge is 2.23. The summed E-state index contributed by atoms with van der Waals surface area (Å²) in [6, 6.07) is 8.26. The molecule has 0 amide bonds. The summed E-state index contributed by atoms with van der Waals surface area (Å²) in [6.45, 7) is 1.87. The highest BCUT2D eigenvalue weighted by atomic mass is 32.2. The summed E-state index contributed by atoms with van der Waals surface area (Å²) in [5.74, 6) is 0. The molecule has 19 heavy (non-hydrogen) atoms. The van der Waals surface area contributed by atoms with Crippen molar-refractivity contribution in [2.24, 2.45) is 0 Å². The molecule has 0 spiro atoms. The zero-order chi connectivity index (χ0) is 14.0. The van der Waals surface area contributed by atoms with Gasteiger partial charge in [-0.15, -0.1) is 0 Å². The van der Waals surface area contributed by atoms with E-state index in [0.29, 0.717) is 5.69 Å². The Morgan fingerprint density at radius 3 is 2.58 bits per heavy atom. The number of benzene rings is 1. The summed E-state index contributed by atoms with van der Waals surface area (Å²) in [4.78, 5) is 14.0. The van der Waals surface area contributed by atoms with Crippen LogP contribution < -0.4 is 9.73 Å². The standard InChI is InChI=1S/C13H14N2O3S/c1-10-4-3-5-11(8-10)15(2)19(17,18)13-9-14-7-6-12(13)16/h3-9H,1-2H3,(H,14,16). The van der Waals surface area contributed by atoms with Crippen LogP contribution >= 0.6 is 0 Å². The van der Waals surface area contributed by atoms with Crippen molar-refractivity contribution in [1.29, 1.82) is 0 Å². The van der Waals surface area contributed by atoms with Crippen molar-refractivity contribution < 1.29 is 8.42 Å². The van der Waals surface area contributed by atoms with Gasteiger partial charge in [0.1, 0.15) is 0 Å². The number of anilines is 1. The Morgan fingerprint density at radius 1 is 1.21 bits per heavy atom. The average Bonchev–Trinajstić information content (AvgIpc) is 2.38. The first-order valence-corrected chi connectivity index (χ1v) is 7.09. The lowest BCUT2D eigenvalue weighted by molar-refractivity contribution is 0.593. The van der Waals surface area contributed by atoms with Crippen LogP contribution in [-0.4, -0.2) is 20.4 Å². The Kier molecular flexibility index (Phi) is 3.44. The van der Waals surface area contributed by atoms with Gasteiger partial charge in [-0.3, -0.25) is 9.10 Å². The summed E-state index contributed by atoms with van der Waals surface area (Å²) >= 11 is 0. The second-order valence-electron chi connectivity index (χ2n) is 4.18. The van der Waals surface area contributed by atoms with Gasteiger partial charge >= 0.3 is 0 Å². The molecule has 0 saturated heterocycles. The summed E-state index contributed by atoms with van der Waals surface area (Å²) in [5, 5.41) is 0. The highest BCUT2D eigenvalue weighted by molar-refractivity contribution is 7.92. The van der Waals surface area contributed by atoms with Crippen LogP contribution in [0.2, 0.25) is 0 Å². The minimum Gasteiger partial charge on any atom is -0.366 e. The normalized spacial score (nSPS) is 11.3. The van der Waals surface area contributed by atoms with Crippen LogP contribution in [-0.2, 0) is 10.0 Å². The lowest BCUT2D eigenvalue weighted by Crippen LogP contribution is -2.30. The Balaban J connectivity index is 2.52. The maximum Gasteiger partial charge on any atom is 0.269 e. The third kappa shape index (κ3) is 2.53. The number of hydrogen-bond donors (Lipinski definition) is 1. The number of aromatic nitrogens is 1. The molecule has 2 aromatic rings. The van der Waals surface area contributed by atoms with E-state index in [4.69, 9.17) is 0 Å². The van der Waals surface area contributed by atoms with Crippen molar-refractivity contribution in [1.82, 2.24) is 4.98 Å². The smallest absolute Gasteiger partial charge is 0.269 e. The van der Waals surface area contributed by atoms with Gasteiger partial charge in [0.25, 0.3) is 10.0 Å². The van der Waals surface area contributed by atoms with Crippen molar-refractivity contribution in [3.63, 3.8) is 0 Å². The summed E-state index contributed by atoms with van der Waals surface area (Å²) < 4.78 is 25.8. The first-order valence-electron chi connectivity index (χ1n) is 5.65. The Labute approximate surface area is 111 Å². The first-order chi connectivity index (χ1) is 8.93. The predicted octanol–water partition coefficient (Wildman–Crippen LogP) is 1.51. The van der Waals surface area contributed by atoms with Gasteiger partial charge in [-0.1, -0.05) is 12.1 Å². The molecule has 5 nitrogen and oxygen atoms in total. The number of H-pyrrole nitrogens is 1. The summed E-state index contributed by atoms with van der Waals surface area (Å²) in [6.07, 6.45) is 2.60. The fraction of sp³-hybridized carbons (Fsp3) is 0.154. The van der Waals surface area contributed by atoms with Crippen molar-refractivity contribution in [2.75, 3.05) is 11.4 Å². The van der Waals surface area contributed by atoms with Crippen LogP contribution in [0.3, 0.4) is 0 Å². The topological polar surface area (TPSA) is 70.2 Å². The van der Waals surface area contributed by atoms with E-state index < -0.39 is 15.5 Å². The Hall–Kier alpha value is -2.08. The van der Waals surface area contributed by atoms with Gasteiger partial charge in [-0.2, -0.15) is 0 Å². The molecule has 1 aromatic carbocycles. The molecule has 0 aliphatic rings. The van der Waals surface area contributed by atoms with Crippen LogP contribution in [0.1, 0.15) is 5.56 Å². The van der Waals surface area contributed by atoms with E-state index in [9.17, 15) is 13.2 Å². The van der Waals surface area contributed by atoms with E-state index in [0.717, 1.165) is 9.87 Å². The van der Waals surface area contributed by atoms with E-state index in [1.165, 1.54) is 25.5 Å². The van der Waals surface area contributed by atoms with Gasteiger partial charge in [0.2, 0.25) is 5.43 Å². The summed E-state index contributed by atoms with van der Waals surface area (Å²) in [5.41, 5.74) is 0.933. The second kappa shape index (κ2) is 4.89. The molecule has 0 saturated carbocycles. The van der Waals surface area contributed by atoms with Crippen molar-refractivity contribution in [2.45, 2.75) is 11.8 Å². The third-order valence-corrected chi connectivity index (χ3v) is 4.60. The SMILES string of the molecule is Cc1cccc(N(C)S(=O)(=O)c2c[nH]ccc2=O)c1. The van der Waals surface area contributed by atoms with E-state index in [1.807, 2.05) is 13.0 Å². The van der Waals surface area contributed by atoms with Gasteiger partial charge < -0.3 is 4.98 Å². The minimum atomic E-state index is -3.85. The zero-order valence-electron chi connectivity index (χ0n) is 10.6. The van der Waals surface area contributed by atoms with E-state index in [1.54, 1.807) is 18.2 Å². The monoisotopic (exact) mass is 278 g/mol. The first kappa shape index (κ1) is 13.4. The van der Waals surface area contributed by atoms with Crippen LogP contribution in [0.15, 0.2) is 52.4 Å². The largest absolute Gasteiger partial charge is 0.366 e. The minimum absolute atomic E-state index is 0.265. The number of pyridine rings is 1. The van der Waals surface area contributed by atoms with Crippen molar-refractivity contribution >= 4 is 15.7 Å². The molecule has 1 aromatic heterocycles. The molecule has 0 radical (unpaired) electrons. The Morgan fingerprint density at radius 2 is 1.95 bits per heavy atom. The fourth-order valence-electron chi connectivity index (χ4n) is 1.71. The van der Waals surface area contributed by atoms with Crippen LogP contribution in [0.4, 0.5) is 5.69 Å².